The van der Waals surface area contributed by atoms with Crippen molar-refractivity contribution in [1.82, 2.24) is 26.0 Å². The van der Waals surface area contributed by atoms with Crippen LogP contribution in [0.25, 0.3) is 10.9 Å². The topological polar surface area (TPSA) is 319 Å². The molecular formula is C76H82BrN7O17. The Balaban J connectivity index is 0.000000168. The van der Waals surface area contributed by atoms with Crippen molar-refractivity contribution in [3.05, 3.63) is 213 Å². The van der Waals surface area contributed by atoms with E-state index in [1.54, 1.807) is 73.7 Å². The number of halogens is 1. The van der Waals surface area contributed by atoms with Crippen molar-refractivity contribution >= 4 is 68.2 Å². The number of nitrogens with one attached hydrogen (secondary N) is 2. The lowest BCUT2D eigenvalue weighted by molar-refractivity contribution is -0.171. The molecule has 4 fully saturated rings. The van der Waals surface area contributed by atoms with Crippen LogP contribution in [0.2, 0.25) is 0 Å². The fourth-order valence-corrected chi connectivity index (χ4v) is 13.3. The molecule has 3 heterocycles. The number of carbonyl (C=O) groups is 6. The number of ether oxygens (including phenoxy) is 8. The molecule has 3 aliphatic carbocycles. The van der Waals surface area contributed by atoms with Gasteiger partial charge in [0.25, 0.3) is 0 Å². The Hall–Kier alpha value is -10.2. The van der Waals surface area contributed by atoms with Gasteiger partial charge in [-0.05, 0) is 158 Å². The van der Waals surface area contributed by atoms with Gasteiger partial charge in [0, 0.05) is 52.0 Å². The number of rotatable bonds is 27. The summed E-state index contributed by atoms with van der Waals surface area (Å²) < 4.78 is 44.9. The third-order valence-electron chi connectivity index (χ3n) is 18.7. The summed E-state index contributed by atoms with van der Waals surface area (Å²) >= 11 is 3.42. The number of anilines is 1. The van der Waals surface area contributed by atoms with Gasteiger partial charge in [-0.15, -0.1) is 0 Å². The number of morpholine rings is 1. The van der Waals surface area contributed by atoms with Crippen molar-refractivity contribution in [2.45, 2.75) is 84.2 Å². The van der Waals surface area contributed by atoms with E-state index >= 15 is 0 Å². The number of nitrogens with two attached hydrogens (primary N) is 1. The van der Waals surface area contributed by atoms with E-state index in [-0.39, 0.29) is 32.4 Å². The van der Waals surface area contributed by atoms with E-state index in [0.717, 1.165) is 74.2 Å². The first-order chi connectivity index (χ1) is 48.8. The number of carbonyl (C=O) groups excluding carboxylic acids is 6. The number of hydrogen-bond acceptors (Lipinski definition) is 20. The highest BCUT2D eigenvalue weighted by Crippen LogP contribution is 2.58. The molecule has 7 N–H and O–H groups in total. The van der Waals surface area contributed by atoms with E-state index in [1.165, 1.54) is 14.2 Å². The molecule has 2 aromatic heterocycles. The van der Waals surface area contributed by atoms with E-state index in [2.05, 4.69) is 38.8 Å². The third kappa shape index (κ3) is 17.5. The molecule has 1 saturated heterocycles. The van der Waals surface area contributed by atoms with E-state index < -0.39 is 69.6 Å². The van der Waals surface area contributed by atoms with E-state index in [1.807, 2.05) is 109 Å². The zero-order valence-corrected chi connectivity index (χ0v) is 58.3. The molecular weight excluding hydrogens is 1360 g/mol. The number of amides is 4. The van der Waals surface area contributed by atoms with Gasteiger partial charge in [-0.1, -0.05) is 89.6 Å². The van der Waals surface area contributed by atoms with Crippen LogP contribution in [0, 0.1) is 28.6 Å². The lowest BCUT2D eigenvalue weighted by Crippen LogP contribution is -2.36. The highest BCUT2D eigenvalue weighted by molar-refractivity contribution is 9.10. The Kier molecular flexibility index (Phi) is 24.3. The van der Waals surface area contributed by atoms with E-state index in [4.69, 9.17) is 59.0 Å². The molecule has 25 heteroatoms. The molecule has 530 valence electrons. The second-order valence-electron chi connectivity index (χ2n) is 25.1. The van der Waals surface area contributed by atoms with Crippen molar-refractivity contribution in [3.63, 3.8) is 0 Å². The maximum atomic E-state index is 13.1. The quantitative estimate of drug-likeness (QED) is 0.0158. The van der Waals surface area contributed by atoms with Crippen LogP contribution in [0.1, 0.15) is 77.7 Å². The van der Waals surface area contributed by atoms with Crippen molar-refractivity contribution in [2.75, 3.05) is 59.1 Å². The minimum absolute atomic E-state index is 0.101. The number of nitrogens with zero attached hydrogens (tertiary/aromatic N) is 4. The number of primary amides is 1. The maximum Gasteiger partial charge on any atom is 0.317 e. The van der Waals surface area contributed by atoms with Gasteiger partial charge in [-0.2, -0.15) is 0 Å². The summed E-state index contributed by atoms with van der Waals surface area (Å²) in [5, 5.41) is 30.1. The van der Waals surface area contributed by atoms with Gasteiger partial charge >= 0.3 is 11.9 Å². The maximum absolute atomic E-state index is 13.1. The van der Waals surface area contributed by atoms with Crippen molar-refractivity contribution < 1.29 is 82.3 Å². The lowest BCUT2D eigenvalue weighted by Gasteiger charge is -2.28. The Bertz CT molecular complexity index is 4260. The summed E-state index contributed by atoms with van der Waals surface area (Å²) in [4.78, 5) is 85.5. The number of para-hydroxylation sites is 1. The molecule has 6 aromatic carbocycles. The predicted molar refractivity (Wildman–Crippen MR) is 373 cm³/mol. The van der Waals surface area contributed by atoms with Crippen LogP contribution in [0.3, 0.4) is 0 Å². The standard InChI is InChI=1S/C33H35N3O6.C24H29N3O6.C19H18BrNO5/c1-4-24-15-23(27-7-5-6-8-29(27)35-24)20-42-25-12-9-21(10-13-25)17-33(32(34)38)18-28(33)31(37)36(39)19-22-11-14-26(40-2)16-30(22)41-3;1-2-32-23(29)24(15-20(24)22(28)26-30)14-17-3-5-19(6-4-17)33-16-18-7-8-25-21(13-18)27-9-11-31-12-10-27;1-25-18(23)19(10-16(19)17(22)21-24)13-5-3-7-15(9-13)26-11-12-4-2-6-14(20)8-12/h5-16,28,39H,4,17-20H2,1-3H3,(H2,34,38);3-8,13,20,30H,2,9-12,14-16H2,1H3,(H,26,28);2-9,16,24H,10-11H2,1H3,(H,21,22)/t28-,33+;20-,24+;16-,19-/m110/s1. The fraction of sp³-hybridized carbons (Fsp3) is 0.342. The summed E-state index contributed by atoms with van der Waals surface area (Å²) in [7, 11) is 4.32. The zero-order valence-electron chi connectivity index (χ0n) is 56.7. The number of hydroxylamine groups is 4. The number of benzene rings is 6. The third-order valence-corrected chi connectivity index (χ3v) is 19.2. The Morgan fingerprint density at radius 2 is 1.27 bits per heavy atom. The Morgan fingerprint density at radius 3 is 1.91 bits per heavy atom. The van der Waals surface area contributed by atoms with E-state index in [0.29, 0.717) is 90.8 Å². The van der Waals surface area contributed by atoms with Gasteiger partial charge < -0.3 is 48.5 Å². The van der Waals surface area contributed by atoms with Gasteiger partial charge in [0.1, 0.15) is 59.8 Å². The summed E-state index contributed by atoms with van der Waals surface area (Å²) in [5.41, 5.74) is 14.0. The molecule has 0 bridgehead atoms. The van der Waals surface area contributed by atoms with Gasteiger partial charge in [-0.25, -0.2) is 21.0 Å². The molecule has 101 heavy (non-hydrogen) atoms. The first-order valence-electron chi connectivity index (χ1n) is 33.1. The number of aryl methyl sites for hydroxylation is 1. The van der Waals surface area contributed by atoms with Gasteiger partial charge in [-0.3, -0.25) is 49.4 Å². The van der Waals surface area contributed by atoms with Gasteiger partial charge in [0.05, 0.1) is 81.8 Å². The number of fused-ring (bicyclic) bond motifs is 1. The monoisotopic (exact) mass is 1440 g/mol. The number of aromatic nitrogens is 2. The first-order valence-corrected chi connectivity index (χ1v) is 33.8. The zero-order chi connectivity index (χ0) is 71.8. The fourth-order valence-electron chi connectivity index (χ4n) is 12.8. The molecule has 24 nitrogen and oxygen atoms in total. The smallest absolute Gasteiger partial charge is 0.317 e. The molecule has 4 aliphatic rings. The summed E-state index contributed by atoms with van der Waals surface area (Å²) in [6.45, 7) is 8.18. The highest BCUT2D eigenvalue weighted by atomic mass is 79.9. The molecule has 8 aromatic rings. The second kappa shape index (κ2) is 33.3. The minimum Gasteiger partial charge on any atom is -0.497 e. The highest BCUT2D eigenvalue weighted by Gasteiger charge is 2.67. The second-order valence-corrected chi connectivity index (χ2v) is 26.0. The molecule has 12 rings (SSSR count). The summed E-state index contributed by atoms with van der Waals surface area (Å²) in [5.74, 6) is -1.20. The Labute approximate surface area is 593 Å². The van der Waals surface area contributed by atoms with Crippen molar-refractivity contribution in [1.29, 1.82) is 0 Å². The van der Waals surface area contributed by atoms with Crippen LogP contribution in [0.5, 0.6) is 28.7 Å². The van der Waals surface area contributed by atoms with Crippen LogP contribution >= 0.6 is 15.9 Å². The number of hydrogen-bond donors (Lipinski definition) is 6. The average molecular weight is 1450 g/mol. The largest absolute Gasteiger partial charge is 0.497 e. The Morgan fingerprint density at radius 1 is 0.634 bits per heavy atom. The first kappa shape index (κ1) is 73.5. The van der Waals surface area contributed by atoms with Crippen LogP contribution in [-0.4, -0.2) is 120 Å². The molecule has 0 spiro atoms. The van der Waals surface area contributed by atoms with Crippen LogP contribution in [0.4, 0.5) is 5.82 Å². The molecule has 0 unspecified atom stereocenters. The van der Waals surface area contributed by atoms with Crippen LogP contribution < -0.4 is 45.3 Å². The summed E-state index contributed by atoms with van der Waals surface area (Å²) in [6.07, 6.45) is 4.17. The number of pyridine rings is 2. The molecule has 0 radical (unpaired) electrons. The molecule has 1 aliphatic heterocycles. The van der Waals surface area contributed by atoms with Gasteiger partial charge in [0.15, 0.2) is 0 Å². The number of methoxy groups -OCH3 is 3. The average Bonchev–Trinajstić information content (AvgIpc) is 1.57. The normalized spacial score (nSPS) is 19.8. The van der Waals surface area contributed by atoms with Gasteiger partial charge in [0.2, 0.25) is 23.6 Å². The predicted octanol–water partition coefficient (Wildman–Crippen LogP) is 9.92. The lowest BCUT2D eigenvalue weighted by atomic mass is 9.92. The summed E-state index contributed by atoms with van der Waals surface area (Å²) in [6, 6.07) is 48.9. The van der Waals surface area contributed by atoms with Crippen LogP contribution in [-0.2, 0) is 94.0 Å². The minimum atomic E-state index is -1.09. The molecule has 4 amide bonds. The molecule has 6 atom stereocenters. The van der Waals surface area contributed by atoms with Crippen molar-refractivity contribution in [2.24, 2.45) is 34.3 Å². The molecule has 3 saturated carbocycles. The van der Waals surface area contributed by atoms with Crippen molar-refractivity contribution in [3.8, 4) is 28.7 Å². The number of esters is 2. The SMILES string of the molecule is CCOC(=O)[C@@]1(Cc2ccc(OCc3ccnc(N4CCOCC4)c3)cc2)C[C@@H]1C(=O)NO.CCc1cc(COc2ccc(C[C@]3(C(N)=O)C[C@@H]3C(=O)N(O)Cc3ccc(OC)cc3OC)cc2)c2ccccc2n1.COC(=O)[C@]1(c2cccc(OCc3cccc(Br)c3)c2)C[C@H]1C(=O)NO. The van der Waals surface area contributed by atoms with E-state index in [9.17, 15) is 34.0 Å². The van der Waals surface area contributed by atoms with Crippen LogP contribution in [0.15, 0.2) is 168 Å².